The minimum Gasteiger partial charge on any atom is -0.383 e. The van der Waals surface area contributed by atoms with Crippen LogP contribution in [0.2, 0.25) is 0 Å². The molecule has 2 fully saturated rings. The van der Waals surface area contributed by atoms with E-state index in [0.717, 1.165) is 25.7 Å². The quantitative estimate of drug-likeness (QED) is 0.686. The van der Waals surface area contributed by atoms with Gasteiger partial charge in [0.05, 0.1) is 5.92 Å². The predicted octanol–water partition coefficient (Wildman–Crippen LogP) is 2.76. The number of carbonyl (C=O) groups is 1. The lowest BCUT2D eigenvalue weighted by atomic mass is 9.97. The summed E-state index contributed by atoms with van der Waals surface area (Å²) in [5.74, 6) is -0.125. The number of hydrogen-bond donors (Lipinski definition) is 1. The summed E-state index contributed by atoms with van der Waals surface area (Å²) in [4.78, 5) is 14.8. The number of aryl methyl sites for hydroxylation is 1. The predicted molar refractivity (Wildman–Crippen MR) is 115 cm³/mol. The van der Waals surface area contributed by atoms with Crippen LogP contribution in [0.15, 0.2) is 15.6 Å². The Kier molecular flexibility index (Phi) is 7.57. The van der Waals surface area contributed by atoms with E-state index in [-0.39, 0.29) is 35.1 Å². The second-order valence-corrected chi connectivity index (χ2v) is 10.5. The maximum Gasteiger partial charge on any atom is 0.248 e. The minimum absolute atomic E-state index is 0.0171. The first kappa shape index (κ1) is 22.8. The highest BCUT2D eigenvalue weighted by molar-refractivity contribution is 7.89. The molecule has 1 saturated carbocycles. The summed E-state index contributed by atoms with van der Waals surface area (Å²) >= 11 is 0. The maximum atomic E-state index is 13.4. The van der Waals surface area contributed by atoms with Crippen molar-refractivity contribution >= 4 is 22.0 Å². The van der Waals surface area contributed by atoms with Crippen molar-refractivity contribution in [2.45, 2.75) is 69.2 Å². The smallest absolute Gasteiger partial charge is 0.248 e. The number of rotatable bonds is 6. The van der Waals surface area contributed by atoms with Gasteiger partial charge in [0.15, 0.2) is 10.7 Å². The molecule has 9 heteroatoms. The van der Waals surface area contributed by atoms with Crippen molar-refractivity contribution in [2.75, 3.05) is 27.2 Å². The molecule has 1 saturated heterocycles. The molecular weight excluding hydrogens is 404 g/mol. The third kappa shape index (κ3) is 5.43. The fourth-order valence-corrected chi connectivity index (χ4v) is 6.04. The summed E-state index contributed by atoms with van der Waals surface area (Å²) < 4.78 is 33.4. The largest absolute Gasteiger partial charge is 0.383 e. The molecule has 168 valence electrons. The highest BCUT2D eigenvalue weighted by atomic mass is 32.2. The highest BCUT2D eigenvalue weighted by Crippen LogP contribution is 2.29. The van der Waals surface area contributed by atoms with Gasteiger partial charge in [0.2, 0.25) is 15.9 Å². The molecule has 0 aromatic carbocycles. The van der Waals surface area contributed by atoms with E-state index in [1.165, 1.54) is 17.1 Å². The van der Waals surface area contributed by atoms with Gasteiger partial charge in [-0.15, -0.1) is 0 Å². The molecule has 8 nitrogen and oxygen atoms in total. The van der Waals surface area contributed by atoms with E-state index < -0.39 is 10.0 Å². The molecule has 30 heavy (non-hydrogen) atoms. The molecule has 0 radical (unpaired) electrons. The summed E-state index contributed by atoms with van der Waals surface area (Å²) in [6.45, 7) is 2.23. The Morgan fingerprint density at radius 2 is 1.87 bits per heavy atom. The third-order valence-electron chi connectivity index (χ3n) is 5.91. The van der Waals surface area contributed by atoms with E-state index in [2.05, 4.69) is 10.5 Å². The molecule has 0 bridgehead atoms. The highest BCUT2D eigenvalue weighted by Gasteiger charge is 2.37. The molecule has 1 aromatic rings. The topological polar surface area (TPSA) is 95.8 Å². The minimum atomic E-state index is -3.81. The van der Waals surface area contributed by atoms with Gasteiger partial charge >= 0.3 is 0 Å². The molecule has 0 spiro atoms. The zero-order valence-corrected chi connectivity index (χ0v) is 19.1. The van der Waals surface area contributed by atoms with Crippen LogP contribution in [0.1, 0.15) is 62.8 Å². The summed E-state index contributed by atoms with van der Waals surface area (Å²) in [5.41, 5.74) is 0.332. The second-order valence-electron chi connectivity index (χ2n) is 8.64. The van der Waals surface area contributed by atoms with Gasteiger partial charge in [-0.2, -0.15) is 4.31 Å². The van der Waals surface area contributed by atoms with E-state index in [4.69, 9.17) is 4.52 Å². The third-order valence-corrected chi connectivity index (χ3v) is 7.94. The molecule has 1 aliphatic heterocycles. The lowest BCUT2D eigenvalue weighted by Crippen LogP contribution is -2.47. The monoisotopic (exact) mass is 438 g/mol. The lowest BCUT2D eigenvalue weighted by molar-refractivity contribution is -0.126. The molecule has 3 rings (SSSR count). The van der Waals surface area contributed by atoms with Crippen molar-refractivity contribution in [3.63, 3.8) is 0 Å². The fourth-order valence-electron chi connectivity index (χ4n) is 4.26. The van der Waals surface area contributed by atoms with Crippen LogP contribution in [-0.4, -0.2) is 61.9 Å². The Balaban J connectivity index is 1.73. The van der Waals surface area contributed by atoms with E-state index in [9.17, 15) is 13.2 Å². The summed E-state index contributed by atoms with van der Waals surface area (Å²) in [7, 11) is -0.119. The Hall–Kier alpha value is -1.87. The van der Waals surface area contributed by atoms with Gasteiger partial charge in [-0.05, 0) is 32.6 Å². The number of nitrogens with one attached hydrogen (secondary N) is 1. The van der Waals surface area contributed by atoms with E-state index >= 15 is 0 Å². The Labute approximate surface area is 179 Å². The number of aromatic nitrogens is 1. The van der Waals surface area contributed by atoms with Crippen molar-refractivity contribution in [1.82, 2.24) is 19.7 Å². The second kappa shape index (κ2) is 9.96. The van der Waals surface area contributed by atoms with Crippen molar-refractivity contribution in [3.05, 3.63) is 17.7 Å². The van der Waals surface area contributed by atoms with Crippen LogP contribution in [-0.2, 0) is 14.8 Å². The average Bonchev–Trinajstić information content (AvgIpc) is 2.91. The number of nitrogens with zero attached hydrogens (tertiary/aromatic N) is 3. The molecule has 2 aliphatic rings. The molecule has 1 aliphatic carbocycles. The van der Waals surface area contributed by atoms with Crippen LogP contribution in [0.5, 0.6) is 0 Å². The molecule has 1 atom stereocenters. The lowest BCUT2D eigenvalue weighted by Gasteiger charge is -2.32. The van der Waals surface area contributed by atoms with Crippen molar-refractivity contribution in [1.29, 1.82) is 0 Å². The van der Waals surface area contributed by atoms with E-state index in [1.807, 2.05) is 14.1 Å². The number of amides is 1. The van der Waals surface area contributed by atoms with Gasteiger partial charge in [-0.1, -0.05) is 30.8 Å². The zero-order valence-electron chi connectivity index (χ0n) is 18.3. The van der Waals surface area contributed by atoms with Crippen molar-refractivity contribution < 1.29 is 17.7 Å². The van der Waals surface area contributed by atoms with Gasteiger partial charge in [0.1, 0.15) is 5.69 Å². The van der Waals surface area contributed by atoms with Crippen LogP contribution < -0.4 is 5.32 Å². The molecule has 1 N–H and O–H groups in total. The van der Waals surface area contributed by atoms with Crippen LogP contribution in [0.25, 0.3) is 6.08 Å². The van der Waals surface area contributed by atoms with E-state index in [0.29, 0.717) is 25.1 Å². The maximum absolute atomic E-state index is 13.4. The fraction of sp³-hybridized carbons (Fsp3) is 0.714. The van der Waals surface area contributed by atoms with Gasteiger partial charge in [-0.3, -0.25) is 4.79 Å². The number of carbonyl (C=O) groups excluding carboxylic acids is 1. The molecular formula is C21H34N4O4S. The molecule has 1 amide bonds. The number of piperidine rings is 1. The summed E-state index contributed by atoms with van der Waals surface area (Å²) in [6, 6.07) is 0.218. The SMILES string of the molecule is Cc1noc(/C=C/N(C)C)c1S(=O)(=O)N1CCCC(C(=O)NC2CCCCCC2)C1. The van der Waals surface area contributed by atoms with Crippen LogP contribution in [0.3, 0.4) is 0 Å². The van der Waals surface area contributed by atoms with Gasteiger partial charge in [-0.25, -0.2) is 8.42 Å². The van der Waals surface area contributed by atoms with Crippen LogP contribution in [0, 0.1) is 12.8 Å². The number of hydrogen-bond acceptors (Lipinski definition) is 6. The van der Waals surface area contributed by atoms with Gasteiger partial charge < -0.3 is 14.7 Å². The summed E-state index contributed by atoms with van der Waals surface area (Å²) in [6.07, 6.45) is 11.5. The zero-order chi connectivity index (χ0) is 21.7. The average molecular weight is 439 g/mol. The van der Waals surface area contributed by atoms with Crippen molar-refractivity contribution in [2.24, 2.45) is 5.92 Å². The number of sulfonamides is 1. The Morgan fingerprint density at radius 3 is 2.53 bits per heavy atom. The van der Waals surface area contributed by atoms with Crippen LogP contribution in [0.4, 0.5) is 0 Å². The first-order valence-electron chi connectivity index (χ1n) is 10.9. The van der Waals surface area contributed by atoms with Gasteiger partial charge in [0, 0.05) is 45.5 Å². The van der Waals surface area contributed by atoms with Crippen LogP contribution >= 0.6 is 0 Å². The van der Waals surface area contributed by atoms with Gasteiger partial charge in [0.25, 0.3) is 0 Å². The molecule has 1 aromatic heterocycles. The standard InChI is InChI=1S/C21H34N4O4S/c1-16-20(19(29-23-16)12-14-24(2)3)30(27,28)25-13-8-9-17(15-25)21(26)22-18-10-6-4-5-7-11-18/h12,14,17-18H,4-11,13,15H2,1-3H3,(H,22,26)/b14-12+. The Morgan fingerprint density at radius 1 is 1.17 bits per heavy atom. The van der Waals surface area contributed by atoms with E-state index in [1.54, 1.807) is 24.1 Å². The molecule has 2 heterocycles. The van der Waals surface area contributed by atoms with Crippen molar-refractivity contribution in [3.8, 4) is 0 Å². The molecule has 1 unspecified atom stereocenters. The Bertz CT molecular complexity index is 854. The normalized spacial score (nSPS) is 22.2. The summed E-state index contributed by atoms with van der Waals surface area (Å²) in [5, 5.41) is 7.05. The first-order valence-corrected chi connectivity index (χ1v) is 12.3. The first-order chi connectivity index (χ1) is 14.3.